The lowest BCUT2D eigenvalue weighted by Crippen LogP contribution is -2.35. The summed E-state index contributed by atoms with van der Waals surface area (Å²) in [7, 11) is 1.51. The highest BCUT2D eigenvalue weighted by Gasteiger charge is 2.22. The van der Waals surface area contributed by atoms with E-state index in [1.165, 1.54) is 13.5 Å². The molecule has 2 aromatic heterocycles. The van der Waals surface area contributed by atoms with Crippen LogP contribution >= 0.6 is 11.6 Å². The Morgan fingerprint density at radius 2 is 2.17 bits per heavy atom. The number of carbonyl (C=O) groups is 1. The molecule has 5 rings (SSSR count). The molecule has 1 amide bonds. The molecule has 2 N–H and O–H groups in total. The van der Waals surface area contributed by atoms with E-state index in [-0.39, 0.29) is 23.8 Å². The lowest BCUT2D eigenvalue weighted by Gasteiger charge is -2.31. The van der Waals surface area contributed by atoms with Gasteiger partial charge < -0.3 is 25.0 Å². The van der Waals surface area contributed by atoms with Gasteiger partial charge in [-0.05, 0) is 30.9 Å². The fourth-order valence-corrected chi connectivity index (χ4v) is 4.67. The van der Waals surface area contributed by atoms with Crippen molar-refractivity contribution in [2.75, 3.05) is 43.6 Å². The molecule has 1 atom stereocenters. The topological polar surface area (TPSA) is 111 Å². The standard InChI is InChI=1S/C24H27ClN6O4/c1-14-4-3-5-30(12-14)24-27-11-17(25)22(29-24)28-16-8-15-9-19(35-13-20(32)26-2)23(33)31-6-7-34-18(10-16)21(15)31/h8-11,14H,3-7,12-13H2,1-2H3,(H,26,32)(H,27,28,29)/t14-/m0/s1. The van der Waals surface area contributed by atoms with Gasteiger partial charge in [0.1, 0.15) is 17.4 Å². The van der Waals surface area contributed by atoms with Crippen molar-refractivity contribution in [3.05, 3.63) is 39.8 Å². The molecule has 0 spiro atoms. The van der Waals surface area contributed by atoms with Gasteiger partial charge in [0.2, 0.25) is 5.95 Å². The molecular formula is C24H27ClN6O4. The van der Waals surface area contributed by atoms with Gasteiger partial charge in [-0.15, -0.1) is 0 Å². The quantitative estimate of drug-likeness (QED) is 0.533. The number of nitrogens with one attached hydrogen (secondary N) is 2. The normalized spacial score (nSPS) is 17.1. The SMILES string of the molecule is CNC(=O)COc1cc2cc(Nc3nc(N4CCC[C@H](C)C4)ncc3Cl)cc3c2n(c1=O)CCO3. The monoisotopic (exact) mass is 498 g/mol. The van der Waals surface area contributed by atoms with Crippen molar-refractivity contribution < 1.29 is 14.3 Å². The Morgan fingerprint density at radius 1 is 1.31 bits per heavy atom. The Labute approximate surface area is 207 Å². The zero-order valence-electron chi connectivity index (χ0n) is 19.6. The highest BCUT2D eigenvalue weighted by Crippen LogP contribution is 2.35. The zero-order chi connectivity index (χ0) is 24.5. The first-order valence-corrected chi connectivity index (χ1v) is 12.0. The van der Waals surface area contributed by atoms with Crippen molar-refractivity contribution in [2.24, 2.45) is 5.92 Å². The smallest absolute Gasteiger partial charge is 0.293 e. The van der Waals surface area contributed by atoms with Gasteiger partial charge in [-0.2, -0.15) is 4.98 Å². The van der Waals surface area contributed by atoms with Crippen LogP contribution in [0.4, 0.5) is 17.5 Å². The lowest BCUT2D eigenvalue weighted by molar-refractivity contribution is -0.122. The second kappa shape index (κ2) is 9.61. The Balaban J connectivity index is 1.50. The van der Waals surface area contributed by atoms with E-state index in [1.807, 2.05) is 12.1 Å². The van der Waals surface area contributed by atoms with E-state index in [4.69, 9.17) is 21.1 Å². The molecule has 3 aromatic rings. The third-order valence-electron chi connectivity index (χ3n) is 6.26. The molecule has 1 saturated heterocycles. The first kappa shape index (κ1) is 23.2. The molecule has 0 unspecified atom stereocenters. The minimum atomic E-state index is -0.320. The van der Waals surface area contributed by atoms with E-state index >= 15 is 0 Å². The third-order valence-corrected chi connectivity index (χ3v) is 6.54. The summed E-state index contributed by atoms with van der Waals surface area (Å²) in [6, 6.07) is 5.32. The van der Waals surface area contributed by atoms with Crippen LogP contribution in [0.15, 0.2) is 29.2 Å². The summed E-state index contributed by atoms with van der Waals surface area (Å²) in [6.45, 7) is 4.54. The number of rotatable bonds is 6. The van der Waals surface area contributed by atoms with Gasteiger partial charge in [0, 0.05) is 37.3 Å². The Bertz CT molecular complexity index is 1340. The molecular weight excluding hydrogens is 472 g/mol. The minimum Gasteiger partial charge on any atom is -0.489 e. The fourth-order valence-electron chi connectivity index (χ4n) is 4.53. The number of hydrogen-bond acceptors (Lipinski definition) is 8. The predicted molar refractivity (Wildman–Crippen MR) is 134 cm³/mol. The summed E-state index contributed by atoms with van der Waals surface area (Å²) in [4.78, 5) is 35.9. The number of pyridine rings is 1. The molecule has 10 nitrogen and oxygen atoms in total. The van der Waals surface area contributed by atoms with Crippen LogP contribution in [0.3, 0.4) is 0 Å². The largest absolute Gasteiger partial charge is 0.489 e. The summed E-state index contributed by atoms with van der Waals surface area (Å²) in [6.07, 6.45) is 3.91. The molecule has 35 heavy (non-hydrogen) atoms. The second-order valence-corrected chi connectivity index (χ2v) is 9.28. The van der Waals surface area contributed by atoms with Crippen molar-refractivity contribution in [1.29, 1.82) is 0 Å². The van der Waals surface area contributed by atoms with Gasteiger partial charge in [0.05, 0.1) is 18.3 Å². The number of anilines is 3. The average Bonchev–Trinajstić information content (AvgIpc) is 2.86. The number of aromatic nitrogens is 3. The van der Waals surface area contributed by atoms with E-state index in [9.17, 15) is 9.59 Å². The maximum absolute atomic E-state index is 12.9. The van der Waals surface area contributed by atoms with Crippen LogP contribution in [0.5, 0.6) is 11.5 Å². The Hall–Kier alpha value is -3.53. The highest BCUT2D eigenvalue weighted by molar-refractivity contribution is 6.32. The molecule has 184 valence electrons. The van der Waals surface area contributed by atoms with Crippen molar-refractivity contribution in [2.45, 2.75) is 26.3 Å². The maximum atomic E-state index is 12.9. The number of halogens is 1. The molecule has 2 aliphatic rings. The van der Waals surface area contributed by atoms with Gasteiger partial charge in [-0.1, -0.05) is 18.5 Å². The second-order valence-electron chi connectivity index (χ2n) is 8.87. The summed E-state index contributed by atoms with van der Waals surface area (Å²) >= 11 is 6.43. The van der Waals surface area contributed by atoms with Crippen LogP contribution in [-0.4, -0.2) is 53.8 Å². The number of ether oxygens (including phenoxy) is 2. The Kier molecular flexibility index (Phi) is 6.38. The van der Waals surface area contributed by atoms with Gasteiger partial charge in [0.15, 0.2) is 18.2 Å². The van der Waals surface area contributed by atoms with Crippen LogP contribution in [0.2, 0.25) is 5.02 Å². The van der Waals surface area contributed by atoms with Crippen LogP contribution < -0.4 is 30.6 Å². The highest BCUT2D eigenvalue weighted by atomic mass is 35.5. The van der Waals surface area contributed by atoms with Crippen LogP contribution in [-0.2, 0) is 11.3 Å². The van der Waals surface area contributed by atoms with Gasteiger partial charge in [-0.3, -0.25) is 14.2 Å². The molecule has 0 radical (unpaired) electrons. The number of benzene rings is 1. The van der Waals surface area contributed by atoms with Crippen molar-refractivity contribution in [3.63, 3.8) is 0 Å². The first-order chi connectivity index (χ1) is 16.9. The molecule has 4 heterocycles. The van der Waals surface area contributed by atoms with Crippen molar-refractivity contribution >= 4 is 45.9 Å². The molecule has 2 aliphatic heterocycles. The van der Waals surface area contributed by atoms with E-state index in [2.05, 4.69) is 32.4 Å². The third kappa shape index (κ3) is 4.70. The number of likely N-dealkylation sites (N-methyl/N-ethyl adjacent to an activating group) is 1. The van der Waals surface area contributed by atoms with Crippen molar-refractivity contribution in [3.8, 4) is 11.5 Å². The van der Waals surface area contributed by atoms with Crippen molar-refractivity contribution in [1.82, 2.24) is 19.9 Å². The predicted octanol–water partition coefficient (Wildman–Crippen LogP) is 2.94. The zero-order valence-corrected chi connectivity index (χ0v) is 20.4. The van der Waals surface area contributed by atoms with Gasteiger partial charge in [0.25, 0.3) is 11.5 Å². The van der Waals surface area contributed by atoms with E-state index in [0.717, 1.165) is 24.9 Å². The lowest BCUT2D eigenvalue weighted by atomic mass is 10.0. The minimum absolute atomic E-state index is 0.104. The van der Waals surface area contributed by atoms with E-state index in [1.54, 1.807) is 16.8 Å². The number of amides is 1. The number of piperidine rings is 1. The summed E-state index contributed by atoms with van der Waals surface area (Å²) in [5, 5.41) is 6.89. The molecule has 0 aliphatic carbocycles. The molecule has 1 aromatic carbocycles. The van der Waals surface area contributed by atoms with E-state index < -0.39 is 0 Å². The Morgan fingerprint density at radius 3 is 2.97 bits per heavy atom. The average molecular weight is 499 g/mol. The maximum Gasteiger partial charge on any atom is 0.293 e. The molecule has 0 bridgehead atoms. The van der Waals surface area contributed by atoms with Crippen LogP contribution in [0.25, 0.3) is 10.9 Å². The molecule has 0 saturated carbocycles. The molecule has 11 heteroatoms. The van der Waals surface area contributed by atoms with E-state index in [0.29, 0.717) is 52.8 Å². The fraction of sp³-hybridized carbons (Fsp3) is 0.417. The summed E-state index contributed by atoms with van der Waals surface area (Å²) < 4.78 is 13.0. The summed E-state index contributed by atoms with van der Waals surface area (Å²) in [5.41, 5.74) is 1.07. The van der Waals surface area contributed by atoms with Gasteiger partial charge >= 0.3 is 0 Å². The van der Waals surface area contributed by atoms with Gasteiger partial charge in [-0.25, -0.2) is 4.98 Å². The number of hydrogen-bond donors (Lipinski definition) is 2. The summed E-state index contributed by atoms with van der Waals surface area (Å²) in [5.74, 6) is 2.07. The number of nitrogens with zero attached hydrogens (tertiary/aromatic N) is 4. The van der Waals surface area contributed by atoms with Crippen LogP contribution in [0.1, 0.15) is 19.8 Å². The molecule has 1 fully saturated rings. The first-order valence-electron chi connectivity index (χ1n) is 11.6. The van der Waals surface area contributed by atoms with Crippen LogP contribution in [0, 0.1) is 5.92 Å². The number of carbonyl (C=O) groups excluding carboxylic acids is 1.